The van der Waals surface area contributed by atoms with Gasteiger partial charge in [0.05, 0.1) is 26.9 Å². The number of aliphatic carboxylic acids is 1. The summed E-state index contributed by atoms with van der Waals surface area (Å²) in [6.45, 7) is 0. The van der Waals surface area contributed by atoms with E-state index < -0.39 is 22.8 Å². The first-order valence-corrected chi connectivity index (χ1v) is 7.47. The minimum Gasteiger partial charge on any atom is -0.481 e. The van der Waals surface area contributed by atoms with Crippen molar-refractivity contribution >= 4 is 35.1 Å². The maximum absolute atomic E-state index is 12.4. The Morgan fingerprint density at radius 1 is 1.27 bits per heavy atom. The summed E-state index contributed by atoms with van der Waals surface area (Å²) < 4.78 is 0. The van der Waals surface area contributed by atoms with Crippen LogP contribution < -0.4 is 5.32 Å². The fraction of sp³-hybridized carbons (Fsp3) is 0.400. The molecule has 3 aliphatic rings. The van der Waals surface area contributed by atoms with Gasteiger partial charge in [-0.3, -0.25) is 9.59 Å². The number of hydrogen-bond donors (Lipinski definition) is 2. The summed E-state index contributed by atoms with van der Waals surface area (Å²) in [5, 5.41) is 21.6. The lowest BCUT2D eigenvalue weighted by Crippen LogP contribution is -2.70. The molecule has 1 unspecified atom stereocenters. The van der Waals surface area contributed by atoms with Gasteiger partial charge in [0.1, 0.15) is 6.04 Å². The van der Waals surface area contributed by atoms with Crippen LogP contribution in [-0.2, 0) is 9.59 Å². The van der Waals surface area contributed by atoms with Crippen LogP contribution >= 0.6 is 23.2 Å². The van der Waals surface area contributed by atoms with E-state index in [1.165, 1.54) is 0 Å². The molecule has 7 heteroatoms. The first-order chi connectivity index (χ1) is 10.3. The molecule has 1 atom stereocenters. The van der Waals surface area contributed by atoms with Gasteiger partial charge in [-0.05, 0) is 25.3 Å². The van der Waals surface area contributed by atoms with Crippen molar-refractivity contribution in [1.29, 1.82) is 5.26 Å². The van der Waals surface area contributed by atoms with Crippen molar-refractivity contribution in [1.82, 2.24) is 5.32 Å². The van der Waals surface area contributed by atoms with E-state index in [9.17, 15) is 14.9 Å². The van der Waals surface area contributed by atoms with Gasteiger partial charge in [-0.1, -0.05) is 35.3 Å². The van der Waals surface area contributed by atoms with Gasteiger partial charge in [0, 0.05) is 5.56 Å². The van der Waals surface area contributed by atoms with E-state index in [1.807, 2.05) is 6.07 Å². The summed E-state index contributed by atoms with van der Waals surface area (Å²) in [6.07, 6.45) is 1.01. The van der Waals surface area contributed by atoms with E-state index >= 15 is 0 Å². The summed E-state index contributed by atoms with van der Waals surface area (Å²) in [6, 6.07) is 5.97. The molecule has 0 aromatic heterocycles. The van der Waals surface area contributed by atoms with E-state index in [2.05, 4.69) is 5.32 Å². The third-order valence-electron chi connectivity index (χ3n) is 4.66. The maximum Gasteiger partial charge on any atom is 0.309 e. The lowest BCUT2D eigenvalue weighted by atomic mass is 9.35. The zero-order chi connectivity index (χ0) is 16.1. The van der Waals surface area contributed by atoms with Gasteiger partial charge in [-0.25, -0.2) is 0 Å². The number of benzene rings is 1. The molecule has 2 N–H and O–H groups in total. The molecule has 4 rings (SSSR count). The largest absolute Gasteiger partial charge is 0.481 e. The van der Waals surface area contributed by atoms with Crippen LogP contribution in [0.15, 0.2) is 18.2 Å². The molecule has 1 amide bonds. The Hall–Kier alpha value is -1.77. The molecule has 0 saturated heterocycles. The highest BCUT2D eigenvalue weighted by Crippen LogP contribution is 2.73. The van der Waals surface area contributed by atoms with Crippen molar-refractivity contribution in [3.63, 3.8) is 0 Å². The Balaban J connectivity index is 1.73. The monoisotopic (exact) mass is 338 g/mol. The number of nitriles is 1. The number of nitrogens with one attached hydrogen (secondary N) is 1. The van der Waals surface area contributed by atoms with E-state index in [0.717, 1.165) is 0 Å². The van der Waals surface area contributed by atoms with Gasteiger partial charge < -0.3 is 10.4 Å². The Morgan fingerprint density at radius 3 is 2.45 bits per heavy atom. The lowest BCUT2D eigenvalue weighted by molar-refractivity contribution is -0.220. The third-order valence-corrected chi connectivity index (χ3v) is 5.50. The van der Waals surface area contributed by atoms with Crippen LogP contribution in [-0.4, -0.2) is 17.0 Å². The zero-order valence-corrected chi connectivity index (χ0v) is 12.9. The number of amides is 1. The molecule has 3 fully saturated rings. The number of hydrogen-bond acceptors (Lipinski definition) is 3. The highest BCUT2D eigenvalue weighted by Gasteiger charge is 2.75. The van der Waals surface area contributed by atoms with E-state index in [0.29, 0.717) is 29.8 Å². The predicted octanol–water partition coefficient (Wildman–Crippen LogP) is 2.93. The first kappa shape index (κ1) is 15.1. The van der Waals surface area contributed by atoms with Crippen molar-refractivity contribution in [3.05, 3.63) is 33.8 Å². The Labute approximate surface area is 136 Å². The van der Waals surface area contributed by atoms with Crippen molar-refractivity contribution in [2.75, 3.05) is 0 Å². The van der Waals surface area contributed by atoms with Crippen molar-refractivity contribution in [3.8, 4) is 6.07 Å². The molecule has 2 bridgehead atoms. The molecule has 0 spiro atoms. The van der Waals surface area contributed by atoms with Crippen LogP contribution in [0.2, 0.25) is 10.0 Å². The molecule has 0 heterocycles. The fourth-order valence-electron chi connectivity index (χ4n) is 3.46. The molecule has 0 radical (unpaired) electrons. The van der Waals surface area contributed by atoms with Gasteiger partial charge in [-0.2, -0.15) is 5.26 Å². The summed E-state index contributed by atoms with van der Waals surface area (Å²) in [4.78, 5) is 23.4. The Kier molecular flexibility index (Phi) is 3.35. The summed E-state index contributed by atoms with van der Waals surface area (Å²) in [7, 11) is 0. The number of rotatable bonds is 4. The molecule has 22 heavy (non-hydrogen) atoms. The zero-order valence-electron chi connectivity index (χ0n) is 11.4. The van der Waals surface area contributed by atoms with Gasteiger partial charge >= 0.3 is 5.97 Å². The summed E-state index contributed by atoms with van der Waals surface area (Å²) in [5.74, 6) is -1.14. The maximum atomic E-state index is 12.4. The topological polar surface area (TPSA) is 90.2 Å². The molecule has 3 aliphatic carbocycles. The normalized spacial score (nSPS) is 29.5. The molecule has 3 saturated carbocycles. The van der Waals surface area contributed by atoms with E-state index in [1.54, 1.807) is 18.2 Å². The average molecular weight is 339 g/mol. The van der Waals surface area contributed by atoms with E-state index in [4.69, 9.17) is 28.3 Å². The van der Waals surface area contributed by atoms with Crippen LogP contribution in [0.3, 0.4) is 0 Å². The second-order valence-electron chi connectivity index (χ2n) is 6.07. The number of halogens is 2. The molecular weight excluding hydrogens is 327 g/mol. The molecule has 0 aliphatic heterocycles. The minimum absolute atomic E-state index is 0.232. The van der Waals surface area contributed by atoms with Crippen molar-refractivity contribution < 1.29 is 14.7 Å². The Morgan fingerprint density at radius 2 is 1.91 bits per heavy atom. The quantitative estimate of drug-likeness (QED) is 0.882. The Bertz CT molecular complexity index is 706. The molecule has 1 aromatic carbocycles. The average Bonchev–Trinajstić information content (AvgIpc) is 2.36. The smallest absolute Gasteiger partial charge is 0.309 e. The molecule has 114 valence electrons. The van der Waals surface area contributed by atoms with Gasteiger partial charge in [0.25, 0.3) is 0 Å². The van der Waals surface area contributed by atoms with Gasteiger partial charge in [-0.15, -0.1) is 0 Å². The highest BCUT2D eigenvalue weighted by molar-refractivity contribution is 6.42. The summed E-state index contributed by atoms with van der Waals surface area (Å²) in [5.41, 5.74) is -0.935. The van der Waals surface area contributed by atoms with E-state index in [-0.39, 0.29) is 10.9 Å². The number of carboxylic acids is 1. The minimum atomic E-state index is -0.909. The van der Waals surface area contributed by atoms with Crippen LogP contribution in [0.1, 0.15) is 30.9 Å². The second kappa shape index (κ2) is 4.87. The summed E-state index contributed by atoms with van der Waals surface area (Å²) >= 11 is 12.0. The van der Waals surface area contributed by atoms with Crippen molar-refractivity contribution in [2.24, 2.45) is 10.8 Å². The lowest BCUT2D eigenvalue weighted by Gasteiger charge is -2.66. The number of carbonyl (C=O) groups is 2. The second-order valence-corrected chi connectivity index (χ2v) is 6.86. The predicted molar refractivity (Wildman–Crippen MR) is 79.3 cm³/mol. The van der Waals surface area contributed by atoms with Gasteiger partial charge in [0.15, 0.2) is 0 Å². The molecule has 5 nitrogen and oxygen atoms in total. The number of carbonyl (C=O) groups excluding carboxylic acids is 1. The third kappa shape index (κ3) is 1.98. The number of carboxylic acid groups (broad SMARTS) is 1. The van der Waals surface area contributed by atoms with Crippen LogP contribution in [0.5, 0.6) is 0 Å². The van der Waals surface area contributed by atoms with Crippen LogP contribution in [0, 0.1) is 22.2 Å². The molecular formula is C15H12Cl2N2O3. The van der Waals surface area contributed by atoms with Gasteiger partial charge in [0.2, 0.25) is 5.91 Å². The molecule has 1 aromatic rings. The SMILES string of the molecule is N#CC(NC(=O)C12CC(C(=O)O)(C1)C2)c1cccc(Cl)c1Cl. The van der Waals surface area contributed by atoms with Crippen LogP contribution in [0.25, 0.3) is 0 Å². The first-order valence-electron chi connectivity index (χ1n) is 6.71. The van der Waals surface area contributed by atoms with Crippen LogP contribution in [0.4, 0.5) is 0 Å². The van der Waals surface area contributed by atoms with Crippen molar-refractivity contribution in [2.45, 2.75) is 25.3 Å². The fourth-order valence-corrected chi connectivity index (χ4v) is 3.88. The standard InChI is InChI=1S/C15H12Cl2N2O3/c16-9-3-1-2-8(11(9)17)10(4-18)19-12(20)14-5-15(6-14,7-14)13(21)22/h1-3,10H,5-7H2,(H,19,20)(H,21,22). The highest BCUT2D eigenvalue weighted by atomic mass is 35.5. The number of nitrogens with zero attached hydrogens (tertiary/aromatic N) is 1.